The fourth-order valence-corrected chi connectivity index (χ4v) is 5.59. The predicted molar refractivity (Wildman–Crippen MR) is 162 cm³/mol. The number of nitrogen functional groups attached to an aromatic ring is 3. The molecule has 0 aromatic heterocycles. The van der Waals surface area contributed by atoms with Crippen LogP contribution in [0.25, 0.3) is 32.3 Å². The van der Waals surface area contributed by atoms with Crippen LogP contribution in [0, 0.1) is 0 Å². The Morgan fingerprint density at radius 3 is 1.47 bits per heavy atom. The summed E-state index contributed by atoms with van der Waals surface area (Å²) in [6.07, 6.45) is 16.1. The predicted octanol–water partition coefficient (Wildman–Crippen LogP) is 9.01. The van der Waals surface area contributed by atoms with Gasteiger partial charge in [0.1, 0.15) is 0 Å². The van der Waals surface area contributed by atoms with Gasteiger partial charge in [-0.2, -0.15) is 0 Å². The van der Waals surface area contributed by atoms with E-state index < -0.39 is 0 Å². The van der Waals surface area contributed by atoms with Crippen molar-refractivity contribution in [2.75, 3.05) is 29.1 Å². The zero-order valence-electron chi connectivity index (χ0n) is 22.0. The van der Waals surface area contributed by atoms with Gasteiger partial charge in [0.05, 0.1) is 22.7 Å². The van der Waals surface area contributed by atoms with Crippen LogP contribution in [-0.2, 0) is 0 Å². The molecular weight excluding hydrogens is 440 g/mol. The third-order valence-corrected chi connectivity index (χ3v) is 7.63. The second kappa shape index (κ2) is 12.7. The maximum Gasteiger partial charge on any atom is 0.0811 e. The minimum Gasteiger partial charge on any atom is -0.396 e. The molecule has 0 saturated carbocycles. The lowest BCUT2D eigenvalue weighted by atomic mass is 9.91. The molecule has 0 atom stereocenters. The minimum absolute atomic E-state index is 0.472. The third-order valence-electron chi connectivity index (χ3n) is 7.63. The molecule has 0 spiro atoms. The van der Waals surface area contributed by atoms with Gasteiger partial charge >= 0.3 is 0 Å². The lowest BCUT2D eigenvalue weighted by Crippen LogP contribution is -2.09. The average molecular weight is 485 g/mol. The van der Waals surface area contributed by atoms with Crippen molar-refractivity contribution in [2.24, 2.45) is 0 Å². The molecule has 0 aliphatic carbocycles. The highest BCUT2D eigenvalue weighted by molar-refractivity contribution is 6.33. The van der Waals surface area contributed by atoms with E-state index >= 15 is 0 Å². The molecule has 192 valence electrons. The maximum absolute atomic E-state index is 6.59. The summed E-state index contributed by atoms with van der Waals surface area (Å²) >= 11 is 0. The fourth-order valence-electron chi connectivity index (χ4n) is 5.59. The average Bonchev–Trinajstić information content (AvgIpc) is 2.91. The van der Waals surface area contributed by atoms with Crippen molar-refractivity contribution in [3.8, 4) is 0 Å². The molecule has 0 aliphatic rings. The first-order valence-electron chi connectivity index (χ1n) is 14.1. The second-order valence-corrected chi connectivity index (χ2v) is 10.3. The van der Waals surface area contributed by atoms with Gasteiger partial charge < -0.3 is 22.5 Å². The van der Waals surface area contributed by atoms with Crippen LogP contribution < -0.4 is 22.5 Å². The van der Waals surface area contributed by atoms with E-state index in [1.807, 2.05) is 0 Å². The van der Waals surface area contributed by atoms with Gasteiger partial charge in [0.25, 0.3) is 0 Å². The van der Waals surface area contributed by atoms with Gasteiger partial charge in [0, 0.05) is 17.3 Å². The smallest absolute Gasteiger partial charge is 0.0811 e. The molecule has 7 N–H and O–H groups in total. The maximum atomic E-state index is 6.59. The molecule has 4 aromatic carbocycles. The molecule has 36 heavy (non-hydrogen) atoms. The van der Waals surface area contributed by atoms with Crippen LogP contribution in [0.3, 0.4) is 0 Å². The summed E-state index contributed by atoms with van der Waals surface area (Å²) in [6, 6.07) is 16.9. The largest absolute Gasteiger partial charge is 0.396 e. The molecule has 4 rings (SSSR count). The minimum atomic E-state index is 0.472. The standard InChI is InChI=1S/C32H44N4/c1-2-3-4-5-6-7-8-9-10-11-12-17-22-36-32-28-26-21-16-14-19-24(26)23-18-13-15-20-25(23)27(28)29(33)30(34)31(32)35/h13-16,18-21,36H,2-12,17,22,33-35H2,1H3. The summed E-state index contributed by atoms with van der Waals surface area (Å²) < 4.78 is 0. The van der Waals surface area contributed by atoms with Crippen LogP contribution in [0.2, 0.25) is 0 Å². The molecule has 4 heteroatoms. The quantitative estimate of drug-likeness (QED) is 0.0816. The molecule has 0 amide bonds. The van der Waals surface area contributed by atoms with Crippen molar-refractivity contribution in [1.29, 1.82) is 0 Å². The molecule has 0 bridgehead atoms. The number of nitrogens with two attached hydrogens (primary N) is 3. The Morgan fingerprint density at radius 1 is 0.500 bits per heavy atom. The Labute approximate surface area is 216 Å². The lowest BCUT2D eigenvalue weighted by molar-refractivity contribution is 0.546. The van der Waals surface area contributed by atoms with E-state index in [1.165, 1.54) is 81.4 Å². The lowest BCUT2D eigenvalue weighted by Gasteiger charge is -2.20. The van der Waals surface area contributed by atoms with Crippen molar-refractivity contribution in [1.82, 2.24) is 0 Å². The number of hydrogen-bond donors (Lipinski definition) is 4. The van der Waals surface area contributed by atoms with Crippen molar-refractivity contribution in [2.45, 2.75) is 84.0 Å². The summed E-state index contributed by atoms with van der Waals surface area (Å²) in [4.78, 5) is 0. The van der Waals surface area contributed by atoms with Gasteiger partial charge in [0.15, 0.2) is 0 Å². The van der Waals surface area contributed by atoms with E-state index in [-0.39, 0.29) is 0 Å². The van der Waals surface area contributed by atoms with Crippen LogP contribution in [0.4, 0.5) is 22.7 Å². The Bertz CT molecular complexity index is 1290. The Balaban J connectivity index is 1.42. The first kappa shape index (κ1) is 25.9. The molecule has 0 fully saturated rings. The van der Waals surface area contributed by atoms with Gasteiger partial charge in [-0.3, -0.25) is 0 Å². The molecule has 4 aromatic rings. The van der Waals surface area contributed by atoms with E-state index in [0.717, 1.165) is 40.2 Å². The first-order chi connectivity index (χ1) is 17.6. The summed E-state index contributed by atoms with van der Waals surface area (Å²) in [5, 5.41) is 10.4. The number of hydrogen-bond acceptors (Lipinski definition) is 4. The number of benzene rings is 4. The van der Waals surface area contributed by atoms with Crippen LogP contribution in [-0.4, -0.2) is 6.54 Å². The van der Waals surface area contributed by atoms with E-state index in [9.17, 15) is 0 Å². The summed E-state index contributed by atoms with van der Waals surface area (Å²) in [6.45, 7) is 3.16. The number of anilines is 4. The van der Waals surface area contributed by atoms with E-state index in [4.69, 9.17) is 17.2 Å². The van der Waals surface area contributed by atoms with Crippen LogP contribution in [0.1, 0.15) is 84.0 Å². The number of nitrogens with one attached hydrogen (secondary N) is 1. The van der Waals surface area contributed by atoms with Crippen molar-refractivity contribution >= 4 is 55.1 Å². The highest BCUT2D eigenvalue weighted by Crippen LogP contribution is 2.47. The van der Waals surface area contributed by atoms with Crippen molar-refractivity contribution in [3.05, 3.63) is 48.5 Å². The number of unbranched alkanes of at least 4 members (excludes halogenated alkanes) is 11. The molecule has 0 unspecified atom stereocenters. The fraction of sp³-hybridized carbons (Fsp3) is 0.438. The molecule has 0 radical (unpaired) electrons. The molecule has 4 nitrogen and oxygen atoms in total. The number of rotatable bonds is 14. The Morgan fingerprint density at radius 2 is 0.944 bits per heavy atom. The van der Waals surface area contributed by atoms with Gasteiger partial charge in [-0.15, -0.1) is 0 Å². The monoisotopic (exact) mass is 484 g/mol. The van der Waals surface area contributed by atoms with E-state index in [1.54, 1.807) is 0 Å². The van der Waals surface area contributed by atoms with Gasteiger partial charge in [-0.25, -0.2) is 0 Å². The highest BCUT2D eigenvalue weighted by Gasteiger charge is 2.19. The van der Waals surface area contributed by atoms with Gasteiger partial charge in [-0.05, 0) is 28.0 Å². The van der Waals surface area contributed by atoms with Crippen molar-refractivity contribution < 1.29 is 0 Å². The Hall–Kier alpha value is -3.14. The van der Waals surface area contributed by atoms with E-state index in [0.29, 0.717) is 17.1 Å². The summed E-state index contributed by atoms with van der Waals surface area (Å²) in [7, 11) is 0. The molecule has 0 aliphatic heterocycles. The van der Waals surface area contributed by atoms with Crippen molar-refractivity contribution in [3.63, 3.8) is 0 Å². The van der Waals surface area contributed by atoms with Gasteiger partial charge in [-0.1, -0.05) is 126 Å². The summed E-state index contributed by atoms with van der Waals surface area (Å²) in [5.41, 5.74) is 22.1. The SMILES string of the molecule is CCCCCCCCCCCCCCNc1c(N)c(N)c(N)c2c3ccccc3c3ccccc3c12. The molecule has 0 saturated heterocycles. The second-order valence-electron chi connectivity index (χ2n) is 10.3. The molecule has 0 heterocycles. The Kier molecular flexibility index (Phi) is 9.16. The topological polar surface area (TPSA) is 90.1 Å². The van der Waals surface area contributed by atoms with Crippen LogP contribution >= 0.6 is 0 Å². The van der Waals surface area contributed by atoms with Crippen LogP contribution in [0.5, 0.6) is 0 Å². The normalized spacial score (nSPS) is 11.6. The zero-order chi connectivity index (χ0) is 25.3. The zero-order valence-corrected chi connectivity index (χ0v) is 22.0. The van der Waals surface area contributed by atoms with Gasteiger partial charge in [0.2, 0.25) is 0 Å². The third kappa shape index (κ3) is 5.64. The summed E-state index contributed by atoms with van der Waals surface area (Å²) in [5.74, 6) is 0. The van der Waals surface area contributed by atoms with Crippen LogP contribution in [0.15, 0.2) is 48.5 Å². The first-order valence-corrected chi connectivity index (χ1v) is 14.1. The molecular formula is C32H44N4. The highest BCUT2D eigenvalue weighted by atomic mass is 14.9. The number of fused-ring (bicyclic) bond motifs is 6. The van der Waals surface area contributed by atoms with E-state index in [2.05, 4.69) is 60.8 Å².